The molecule has 0 rings (SSSR count). The molecule has 0 radical (unpaired) electrons. The zero-order valence-electron chi connectivity index (χ0n) is 9.54. The molecule has 94 valence electrons. The number of methoxy groups -OCH3 is 1. The quantitative estimate of drug-likeness (QED) is 0.377. The Morgan fingerprint density at radius 2 is 1.81 bits per heavy atom. The van der Waals surface area contributed by atoms with Crippen LogP contribution in [0, 0.1) is 0 Å². The van der Waals surface area contributed by atoms with Crippen molar-refractivity contribution in [3.8, 4) is 0 Å². The van der Waals surface area contributed by atoms with Crippen LogP contribution in [0.25, 0.3) is 0 Å². The van der Waals surface area contributed by atoms with Gasteiger partial charge >= 0.3 is 6.09 Å². The second kappa shape index (κ2) is 10.2. The summed E-state index contributed by atoms with van der Waals surface area (Å²) in [7, 11) is 1.29. The second-order valence-electron chi connectivity index (χ2n) is 3.06. The summed E-state index contributed by atoms with van der Waals surface area (Å²) < 4.78 is 4.36. The molecule has 0 aromatic carbocycles. The molecule has 0 aromatic heterocycles. The van der Waals surface area contributed by atoms with Gasteiger partial charge in [0, 0.05) is 39.1 Å². The molecule has 16 heavy (non-hydrogen) atoms. The molecule has 0 saturated carbocycles. The molecule has 5 N–H and O–H groups in total. The van der Waals surface area contributed by atoms with E-state index in [9.17, 15) is 9.59 Å². The Labute approximate surface area is 95.1 Å². The third kappa shape index (κ3) is 9.22. The number of ether oxygens (including phenoxy) is 1. The lowest BCUT2D eigenvalue weighted by molar-refractivity contribution is -0.120. The standard InChI is InChI=1S/C9H20N4O3/c1-16-9(15)13-7-6-12-8(14)2-4-11-5-3-10/h11H,2-7,10H2,1H3,(H,12,14)(H,13,15). The molecule has 0 spiro atoms. The first-order valence-corrected chi connectivity index (χ1v) is 5.20. The van der Waals surface area contributed by atoms with Gasteiger partial charge in [-0.2, -0.15) is 0 Å². The van der Waals surface area contributed by atoms with Gasteiger partial charge in [-0.25, -0.2) is 4.79 Å². The van der Waals surface area contributed by atoms with E-state index in [-0.39, 0.29) is 5.91 Å². The third-order valence-corrected chi connectivity index (χ3v) is 1.75. The fourth-order valence-corrected chi connectivity index (χ4v) is 0.956. The van der Waals surface area contributed by atoms with Gasteiger partial charge in [0.2, 0.25) is 5.91 Å². The summed E-state index contributed by atoms with van der Waals surface area (Å²) in [6, 6.07) is 0. The van der Waals surface area contributed by atoms with Crippen molar-refractivity contribution < 1.29 is 14.3 Å². The van der Waals surface area contributed by atoms with E-state index in [1.54, 1.807) is 0 Å². The monoisotopic (exact) mass is 232 g/mol. The molecule has 0 bridgehead atoms. The summed E-state index contributed by atoms with van der Waals surface area (Å²) in [6.45, 7) is 2.62. The van der Waals surface area contributed by atoms with Crippen LogP contribution in [-0.4, -0.2) is 51.8 Å². The molecule has 0 heterocycles. The van der Waals surface area contributed by atoms with Gasteiger partial charge in [-0.15, -0.1) is 0 Å². The van der Waals surface area contributed by atoms with Crippen LogP contribution in [0.4, 0.5) is 4.79 Å². The summed E-state index contributed by atoms with van der Waals surface area (Å²) in [5.74, 6) is -0.0591. The van der Waals surface area contributed by atoms with E-state index in [1.165, 1.54) is 7.11 Å². The average molecular weight is 232 g/mol. The molecule has 0 aliphatic heterocycles. The van der Waals surface area contributed by atoms with Crippen LogP contribution in [0.15, 0.2) is 0 Å². The predicted octanol–water partition coefficient (Wildman–Crippen LogP) is -1.60. The molecule has 0 saturated heterocycles. The van der Waals surface area contributed by atoms with Crippen molar-refractivity contribution in [2.45, 2.75) is 6.42 Å². The van der Waals surface area contributed by atoms with Crippen LogP contribution >= 0.6 is 0 Å². The van der Waals surface area contributed by atoms with Crippen molar-refractivity contribution in [3.05, 3.63) is 0 Å². The van der Waals surface area contributed by atoms with E-state index in [0.717, 1.165) is 0 Å². The van der Waals surface area contributed by atoms with Crippen molar-refractivity contribution in [2.75, 3.05) is 39.8 Å². The normalized spacial score (nSPS) is 9.62. The molecular weight excluding hydrogens is 212 g/mol. The van der Waals surface area contributed by atoms with E-state index >= 15 is 0 Å². The first-order chi connectivity index (χ1) is 7.70. The van der Waals surface area contributed by atoms with Crippen LogP contribution < -0.4 is 21.7 Å². The smallest absolute Gasteiger partial charge is 0.406 e. The number of carbonyl (C=O) groups is 2. The lowest BCUT2D eigenvalue weighted by Crippen LogP contribution is -2.36. The minimum atomic E-state index is -0.501. The van der Waals surface area contributed by atoms with Crippen LogP contribution in [0.2, 0.25) is 0 Å². The van der Waals surface area contributed by atoms with Crippen LogP contribution in [0.1, 0.15) is 6.42 Å². The minimum absolute atomic E-state index is 0.0591. The predicted molar refractivity (Wildman–Crippen MR) is 60.0 cm³/mol. The number of carbonyl (C=O) groups excluding carboxylic acids is 2. The van der Waals surface area contributed by atoms with Crippen molar-refractivity contribution in [2.24, 2.45) is 5.73 Å². The molecule has 0 aromatic rings. The van der Waals surface area contributed by atoms with Crippen molar-refractivity contribution >= 4 is 12.0 Å². The van der Waals surface area contributed by atoms with E-state index in [0.29, 0.717) is 39.1 Å². The molecule has 7 nitrogen and oxygen atoms in total. The van der Waals surface area contributed by atoms with Crippen LogP contribution in [0.5, 0.6) is 0 Å². The summed E-state index contributed by atoms with van der Waals surface area (Å²) in [5, 5.41) is 8.12. The highest BCUT2D eigenvalue weighted by Gasteiger charge is 2.00. The van der Waals surface area contributed by atoms with Crippen LogP contribution in [0.3, 0.4) is 0 Å². The topological polar surface area (TPSA) is 105 Å². The number of nitrogens with one attached hydrogen (secondary N) is 3. The number of alkyl carbamates (subject to hydrolysis) is 1. The van der Waals surface area contributed by atoms with Gasteiger partial charge in [-0.1, -0.05) is 0 Å². The highest BCUT2D eigenvalue weighted by atomic mass is 16.5. The Balaban J connectivity index is 3.27. The highest BCUT2D eigenvalue weighted by molar-refractivity contribution is 5.76. The van der Waals surface area contributed by atoms with Gasteiger partial charge in [-0.3, -0.25) is 4.79 Å². The fourth-order valence-electron chi connectivity index (χ4n) is 0.956. The molecule has 0 aliphatic rings. The molecule has 7 heteroatoms. The molecular formula is C9H20N4O3. The Kier molecular flexibility index (Phi) is 9.33. The van der Waals surface area contributed by atoms with Crippen LogP contribution in [-0.2, 0) is 9.53 Å². The first kappa shape index (κ1) is 14.7. The molecule has 0 fully saturated rings. The maximum Gasteiger partial charge on any atom is 0.406 e. The third-order valence-electron chi connectivity index (χ3n) is 1.75. The van der Waals surface area contributed by atoms with Gasteiger partial charge < -0.3 is 26.4 Å². The highest BCUT2D eigenvalue weighted by Crippen LogP contribution is 1.76. The van der Waals surface area contributed by atoms with Crippen molar-refractivity contribution in [1.82, 2.24) is 16.0 Å². The van der Waals surface area contributed by atoms with Crippen molar-refractivity contribution in [1.29, 1.82) is 0 Å². The number of hydrogen-bond acceptors (Lipinski definition) is 5. The Morgan fingerprint density at radius 3 is 2.44 bits per heavy atom. The largest absolute Gasteiger partial charge is 0.453 e. The zero-order chi connectivity index (χ0) is 12.2. The summed E-state index contributed by atoms with van der Waals surface area (Å²) in [4.78, 5) is 21.8. The Hall–Kier alpha value is -1.34. The lowest BCUT2D eigenvalue weighted by atomic mass is 10.4. The van der Waals surface area contributed by atoms with E-state index in [4.69, 9.17) is 5.73 Å². The maximum absolute atomic E-state index is 11.2. The second-order valence-corrected chi connectivity index (χ2v) is 3.06. The maximum atomic E-state index is 11.2. The van der Waals surface area contributed by atoms with E-state index in [1.807, 2.05) is 0 Å². The van der Waals surface area contributed by atoms with Crippen molar-refractivity contribution in [3.63, 3.8) is 0 Å². The van der Waals surface area contributed by atoms with Gasteiger partial charge in [0.05, 0.1) is 7.11 Å². The van der Waals surface area contributed by atoms with Gasteiger partial charge in [-0.05, 0) is 0 Å². The summed E-state index contributed by atoms with van der Waals surface area (Å²) in [5.41, 5.74) is 5.27. The van der Waals surface area contributed by atoms with Gasteiger partial charge in [0.1, 0.15) is 0 Å². The summed E-state index contributed by atoms with van der Waals surface area (Å²) >= 11 is 0. The minimum Gasteiger partial charge on any atom is -0.453 e. The average Bonchev–Trinajstić information content (AvgIpc) is 2.30. The zero-order valence-corrected chi connectivity index (χ0v) is 9.54. The molecule has 2 amide bonds. The molecule has 0 atom stereocenters. The molecule has 0 unspecified atom stereocenters. The summed E-state index contributed by atoms with van der Waals surface area (Å²) in [6.07, 6.45) is -0.100. The molecule has 0 aliphatic carbocycles. The number of hydrogen-bond donors (Lipinski definition) is 4. The number of amides is 2. The van der Waals surface area contributed by atoms with Gasteiger partial charge in [0.25, 0.3) is 0 Å². The number of rotatable bonds is 8. The SMILES string of the molecule is COC(=O)NCCNC(=O)CCNCCN. The van der Waals surface area contributed by atoms with E-state index < -0.39 is 6.09 Å². The lowest BCUT2D eigenvalue weighted by Gasteiger charge is -2.06. The Bertz CT molecular complexity index is 211. The van der Waals surface area contributed by atoms with Gasteiger partial charge in [0.15, 0.2) is 0 Å². The Morgan fingerprint density at radius 1 is 1.12 bits per heavy atom. The number of nitrogens with two attached hydrogens (primary N) is 1. The fraction of sp³-hybridized carbons (Fsp3) is 0.778. The van der Waals surface area contributed by atoms with E-state index in [2.05, 4.69) is 20.7 Å². The first-order valence-electron chi connectivity index (χ1n) is 5.20.